The number of hydrogen-bond acceptors (Lipinski definition) is 3. The number of benzene rings is 2. The molecule has 0 saturated carbocycles. The van der Waals surface area contributed by atoms with E-state index in [9.17, 15) is 0 Å². The molecule has 0 aliphatic carbocycles. The second kappa shape index (κ2) is 5.16. The standard InChI is InChI=1S/C16H10Cl2N4/c17-10-5-6-13-14(7-10)22-9-19-8-15(22)16(21-13)20-12-4-2-1-3-11(12)18/h1-9H,(H,20,21). The van der Waals surface area contributed by atoms with E-state index in [0.29, 0.717) is 15.9 Å². The third kappa shape index (κ3) is 2.17. The summed E-state index contributed by atoms with van der Waals surface area (Å²) in [5, 5.41) is 4.57. The number of halogens is 2. The molecule has 4 aromatic rings. The van der Waals surface area contributed by atoms with Gasteiger partial charge in [0.25, 0.3) is 0 Å². The summed E-state index contributed by atoms with van der Waals surface area (Å²) in [6.07, 6.45) is 3.50. The number of para-hydroxylation sites is 1. The molecule has 0 unspecified atom stereocenters. The normalized spacial score (nSPS) is 11.2. The molecule has 4 nitrogen and oxygen atoms in total. The van der Waals surface area contributed by atoms with Crippen molar-refractivity contribution in [3.63, 3.8) is 0 Å². The molecule has 1 N–H and O–H groups in total. The summed E-state index contributed by atoms with van der Waals surface area (Å²) in [6, 6.07) is 13.1. The van der Waals surface area contributed by atoms with Gasteiger partial charge in [-0.2, -0.15) is 0 Å². The minimum atomic E-state index is 0.637. The average molecular weight is 329 g/mol. The fourth-order valence-corrected chi connectivity index (χ4v) is 2.76. The van der Waals surface area contributed by atoms with Crippen molar-refractivity contribution in [2.75, 3.05) is 5.32 Å². The molecule has 22 heavy (non-hydrogen) atoms. The molecule has 0 fully saturated rings. The first-order valence-electron chi connectivity index (χ1n) is 6.65. The van der Waals surface area contributed by atoms with Gasteiger partial charge in [0.05, 0.1) is 34.3 Å². The van der Waals surface area contributed by atoms with Crippen molar-refractivity contribution >= 4 is 51.3 Å². The Labute approximate surface area is 136 Å². The Balaban J connectivity index is 1.95. The second-order valence-electron chi connectivity index (χ2n) is 4.85. The Morgan fingerprint density at radius 3 is 2.73 bits per heavy atom. The number of nitrogens with zero attached hydrogens (tertiary/aromatic N) is 3. The van der Waals surface area contributed by atoms with Gasteiger partial charge in [0, 0.05) is 5.02 Å². The van der Waals surface area contributed by atoms with Gasteiger partial charge in [-0.1, -0.05) is 35.3 Å². The molecule has 0 bridgehead atoms. The summed E-state index contributed by atoms with van der Waals surface area (Å²) in [4.78, 5) is 8.88. The van der Waals surface area contributed by atoms with E-state index in [2.05, 4.69) is 15.3 Å². The highest BCUT2D eigenvalue weighted by Gasteiger charge is 2.10. The van der Waals surface area contributed by atoms with E-state index in [1.807, 2.05) is 46.9 Å². The zero-order valence-electron chi connectivity index (χ0n) is 11.3. The fraction of sp³-hybridized carbons (Fsp3) is 0. The highest BCUT2D eigenvalue weighted by atomic mass is 35.5. The lowest BCUT2D eigenvalue weighted by Gasteiger charge is -2.11. The van der Waals surface area contributed by atoms with Gasteiger partial charge < -0.3 is 5.32 Å². The maximum Gasteiger partial charge on any atom is 0.157 e. The number of fused-ring (bicyclic) bond motifs is 3. The highest BCUT2D eigenvalue weighted by molar-refractivity contribution is 6.33. The van der Waals surface area contributed by atoms with E-state index < -0.39 is 0 Å². The van der Waals surface area contributed by atoms with E-state index in [4.69, 9.17) is 23.2 Å². The molecule has 6 heteroatoms. The van der Waals surface area contributed by atoms with Crippen LogP contribution in [0.2, 0.25) is 10.0 Å². The Bertz CT molecular complexity index is 994. The SMILES string of the molecule is Clc1ccc2nc(Nc3ccccc3Cl)c3cncn3c2c1. The monoisotopic (exact) mass is 328 g/mol. The smallest absolute Gasteiger partial charge is 0.157 e. The lowest BCUT2D eigenvalue weighted by molar-refractivity contribution is 1.19. The van der Waals surface area contributed by atoms with Crippen molar-refractivity contribution in [2.45, 2.75) is 0 Å². The van der Waals surface area contributed by atoms with Crippen molar-refractivity contribution in [3.8, 4) is 0 Å². The van der Waals surface area contributed by atoms with Gasteiger partial charge in [0.2, 0.25) is 0 Å². The molecule has 0 amide bonds. The fourth-order valence-electron chi connectivity index (χ4n) is 2.41. The van der Waals surface area contributed by atoms with Crippen LogP contribution in [0, 0.1) is 0 Å². The predicted octanol–water partition coefficient (Wildman–Crippen LogP) is 4.93. The van der Waals surface area contributed by atoms with Gasteiger partial charge in [-0.05, 0) is 30.3 Å². The Morgan fingerprint density at radius 1 is 1.00 bits per heavy atom. The molecule has 2 heterocycles. The average Bonchev–Trinajstić information content (AvgIpc) is 3.00. The van der Waals surface area contributed by atoms with Crippen molar-refractivity contribution in [2.24, 2.45) is 0 Å². The summed E-state index contributed by atoms with van der Waals surface area (Å²) < 4.78 is 1.95. The Kier molecular flexibility index (Phi) is 3.13. The number of anilines is 2. The quantitative estimate of drug-likeness (QED) is 0.567. The Morgan fingerprint density at radius 2 is 1.86 bits per heavy atom. The molecule has 108 valence electrons. The van der Waals surface area contributed by atoms with Crippen LogP contribution in [0.5, 0.6) is 0 Å². The molecule has 2 aromatic carbocycles. The zero-order valence-corrected chi connectivity index (χ0v) is 12.8. The summed E-state index contributed by atoms with van der Waals surface area (Å²) in [6.45, 7) is 0. The van der Waals surface area contributed by atoms with Crippen molar-refractivity contribution in [3.05, 3.63) is 65.0 Å². The molecule has 0 saturated heterocycles. The minimum absolute atomic E-state index is 0.637. The predicted molar refractivity (Wildman–Crippen MR) is 90.2 cm³/mol. The van der Waals surface area contributed by atoms with Crippen LogP contribution in [0.25, 0.3) is 16.6 Å². The van der Waals surface area contributed by atoms with Crippen LogP contribution in [0.15, 0.2) is 55.0 Å². The topological polar surface area (TPSA) is 42.2 Å². The molecular weight excluding hydrogens is 319 g/mol. The molecule has 0 aliphatic heterocycles. The minimum Gasteiger partial charge on any atom is -0.337 e. The molecule has 0 atom stereocenters. The van der Waals surface area contributed by atoms with Crippen LogP contribution >= 0.6 is 23.2 Å². The maximum absolute atomic E-state index is 6.21. The number of nitrogens with one attached hydrogen (secondary N) is 1. The third-order valence-corrected chi connectivity index (χ3v) is 4.00. The number of hydrogen-bond donors (Lipinski definition) is 1. The van der Waals surface area contributed by atoms with Crippen LogP contribution in [-0.4, -0.2) is 14.4 Å². The van der Waals surface area contributed by atoms with Crippen LogP contribution in [0.1, 0.15) is 0 Å². The van der Waals surface area contributed by atoms with E-state index in [0.717, 1.165) is 22.2 Å². The van der Waals surface area contributed by atoms with E-state index in [1.54, 1.807) is 12.5 Å². The third-order valence-electron chi connectivity index (χ3n) is 3.44. The van der Waals surface area contributed by atoms with Crippen LogP contribution in [0.3, 0.4) is 0 Å². The lowest BCUT2D eigenvalue weighted by Crippen LogP contribution is -1.99. The molecule has 4 rings (SSSR count). The van der Waals surface area contributed by atoms with Gasteiger partial charge in [-0.25, -0.2) is 9.97 Å². The summed E-state index contributed by atoms with van der Waals surface area (Å²) >= 11 is 12.3. The Hall–Kier alpha value is -2.30. The summed E-state index contributed by atoms with van der Waals surface area (Å²) in [5.41, 5.74) is 3.39. The van der Waals surface area contributed by atoms with Gasteiger partial charge in [-0.3, -0.25) is 4.40 Å². The van der Waals surface area contributed by atoms with Gasteiger partial charge >= 0.3 is 0 Å². The molecule has 0 aliphatic rings. The molecule has 0 radical (unpaired) electrons. The van der Waals surface area contributed by atoms with Gasteiger partial charge in [0.15, 0.2) is 5.82 Å². The van der Waals surface area contributed by atoms with E-state index in [1.165, 1.54) is 0 Å². The highest BCUT2D eigenvalue weighted by Crippen LogP contribution is 2.29. The van der Waals surface area contributed by atoms with Crippen molar-refractivity contribution in [1.82, 2.24) is 14.4 Å². The largest absolute Gasteiger partial charge is 0.337 e. The lowest BCUT2D eigenvalue weighted by atomic mass is 10.3. The van der Waals surface area contributed by atoms with Crippen molar-refractivity contribution < 1.29 is 0 Å². The molecule has 2 aromatic heterocycles. The number of imidazole rings is 1. The van der Waals surface area contributed by atoms with Crippen LogP contribution < -0.4 is 5.32 Å². The summed E-state index contributed by atoms with van der Waals surface area (Å²) in [5.74, 6) is 0.695. The van der Waals surface area contributed by atoms with Gasteiger partial charge in [0.1, 0.15) is 5.52 Å². The van der Waals surface area contributed by atoms with E-state index >= 15 is 0 Å². The first kappa shape index (κ1) is 13.4. The first-order chi connectivity index (χ1) is 10.7. The number of rotatable bonds is 2. The van der Waals surface area contributed by atoms with Crippen LogP contribution in [-0.2, 0) is 0 Å². The van der Waals surface area contributed by atoms with Crippen molar-refractivity contribution in [1.29, 1.82) is 0 Å². The van der Waals surface area contributed by atoms with Crippen LogP contribution in [0.4, 0.5) is 11.5 Å². The van der Waals surface area contributed by atoms with E-state index in [-0.39, 0.29) is 0 Å². The number of aromatic nitrogens is 3. The van der Waals surface area contributed by atoms with Gasteiger partial charge in [-0.15, -0.1) is 0 Å². The first-order valence-corrected chi connectivity index (χ1v) is 7.41. The maximum atomic E-state index is 6.21. The zero-order chi connectivity index (χ0) is 15.1. The second-order valence-corrected chi connectivity index (χ2v) is 5.69. The molecular formula is C16H10Cl2N4. The summed E-state index contributed by atoms with van der Waals surface area (Å²) in [7, 11) is 0. The molecule has 0 spiro atoms.